The summed E-state index contributed by atoms with van der Waals surface area (Å²) in [6.07, 6.45) is 37.1. The van der Waals surface area contributed by atoms with E-state index in [1.807, 2.05) is 62.3 Å². The fourth-order valence-corrected chi connectivity index (χ4v) is 9.91. The Hall–Kier alpha value is -1.83. The normalized spacial score (nSPS) is 16.1. The lowest BCUT2D eigenvalue weighted by Gasteiger charge is -2.35. The van der Waals surface area contributed by atoms with E-state index in [-0.39, 0.29) is 37.5 Å². The Morgan fingerprint density at radius 1 is 0.384 bits per heavy atom. The molecule has 73 heavy (non-hydrogen) atoms. The second kappa shape index (κ2) is 42.2. The molecule has 1 fully saturated rings. The number of carbonyl (C=O) groups excluding carboxylic acids is 3. The van der Waals surface area contributed by atoms with Crippen molar-refractivity contribution in [3.63, 3.8) is 0 Å². The zero-order valence-corrected chi connectivity index (χ0v) is 50.1. The van der Waals surface area contributed by atoms with Gasteiger partial charge in [0.15, 0.2) is 0 Å². The lowest BCUT2D eigenvalue weighted by atomic mass is 10.0. The molecule has 12 nitrogen and oxygen atoms in total. The molecule has 1 saturated heterocycles. The summed E-state index contributed by atoms with van der Waals surface area (Å²) >= 11 is 0. The minimum atomic E-state index is -0.613. The summed E-state index contributed by atoms with van der Waals surface area (Å²) in [6, 6.07) is 0. The third kappa shape index (κ3) is 45.0. The molecule has 0 aromatic heterocycles. The van der Waals surface area contributed by atoms with Crippen LogP contribution in [-0.2, 0) is 28.6 Å². The lowest BCUT2D eigenvalue weighted by Crippen LogP contribution is -2.50. The summed E-state index contributed by atoms with van der Waals surface area (Å²) in [5.74, 6) is -0.869. The van der Waals surface area contributed by atoms with Crippen LogP contribution in [-0.4, -0.2) is 169 Å². The van der Waals surface area contributed by atoms with Gasteiger partial charge in [0.2, 0.25) is 0 Å². The SMILES string of the molecule is CCCCCCCCCCCCCCCCN(CCCCCCCCCCCCCCCC)CC(O)CN1CCN(CC(=O)OC(C)(C)C)CCN(CC(=O)OC(C)(C)C)CCN(CC(=O)OC(C)(C)C)CC1. The van der Waals surface area contributed by atoms with Gasteiger partial charge >= 0.3 is 17.9 Å². The van der Waals surface area contributed by atoms with Crippen molar-refractivity contribution in [1.29, 1.82) is 0 Å². The summed E-state index contributed by atoms with van der Waals surface area (Å²) in [5.41, 5.74) is -1.82. The first-order valence-corrected chi connectivity index (χ1v) is 30.6. The Kier molecular flexibility index (Phi) is 40.0. The van der Waals surface area contributed by atoms with Crippen LogP contribution in [0.5, 0.6) is 0 Å². The van der Waals surface area contributed by atoms with E-state index in [9.17, 15) is 19.5 Å². The Bertz CT molecular complexity index is 1270. The molecule has 0 spiro atoms. The molecule has 0 amide bonds. The van der Waals surface area contributed by atoms with Crippen LogP contribution in [0.25, 0.3) is 0 Å². The number of ether oxygens (including phenoxy) is 3. The average Bonchev–Trinajstić information content (AvgIpc) is 3.28. The van der Waals surface area contributed by atoms with Gasteiger partial charge in [0.05, 0.1) is 25.7 Å². The molecule has 0 aromatic carbocycles. The zero-order valence-electron chi connectivity index (χ0n) is 50.1. The number of hydrogen-bond acceptors (Lipinski definition) is 12. The number of carbonyl (C=O) groups is 3. The van der Waals surface area contributed by atoms with E-state index in [4.69, 9.17) is 14.2 Å². The topological polar surface area (TPSA) is 115 Å². The first kappa shape index (κ1) is 69.2. The van der Waals surface area contributed by atoms with Crippen LogP contribution in [0.15, 0.2) is 0 Å². The van der Waals surface area contributed by atoms with Crippen molar-refractivity contribution in [1.82, 2.24) is 24.5 Å². The maximum absolute atomic E-state index is 13.3. The van der Waals surface area contributed by atoms with Crippen LogP contribution >= 0.6 is 0 Å². The zero-order chi connectivity index (χ0) is 54.2. The van der Waals surface area contributed by atoms with E-state index in [1.54, 1.807) is 0 Å². The van der Waals surface area contributed by atoms with Crippen molar-refractivity contribution < 1.29 is 33.7 Å². The molecule has 432 valence electrons. The molecule has 1 atom stereocenters. The van der Waals surface area contributed by atoms with E-state index in [0.29, 0.717) is 65.4 Å². The summed E-state index contributed by atoms with van der Waals surface area (Å²) in [7, 11) is 0. The average molecular weight is 1040 g/mol. The summed E-state index contributed by atoms with van der Waals surface area (Å²) in [4.78, 5) is 50.8. The van der Waals surface area contributed by atoms with Crippen molar-refractivity contribution >= 4 is 17.9 Å². The van der Waals surface area contributed by atoms with Crippen molar-refractivity contribution in [3.05, 3.63) is 0 Å². The molecule has 1 N–H and O–H groups in total. The van der Waals surface area contributed by atoms with Crippen molar-refractivity contribution in [2.45, 2.75) is 279 Å². The number of β-amino-alcohol motifs (C(OH)–C–C–N with tert-alkyl or cyclic N) is 1. The van der Waals surface area contributed by atoms with Crippen LogP contribution in [0.1, 0.15) is 256 Å². The Labute approximate surface area is 451 Å². The molecule has 1 heterocycles. The highest BCUT2D eigenvalue weighted by atomic mass is 16.6. The number of aliphatic hydroxyl groups excluding tert-OH is 1. The van der Waals surface area contributed by atoms with Gasteiger partial charge in [-0.2, -0.15) is 0 Å². The van der Waals surface area contributed by atoms with Gasteiger partial charge in [-0.25, -0.2) is 0 Å². The third-order valence-corrected chi connectivity index (χ3v) is 13.8. The van der Waals surface area contributed by atoms with E-state index in [0.717, 1.165) is 25.9 Å². The van der Waals surface area contributed by atoms with Crippen molar-refractivity contribution in [2.24, 2.45) is 0 Å². The van der Waals surface area contributed by atoms with Crippen LogP contribution < -0.4 is 0 Å². The van der Waals surface area contributed by atoms with Gasteiger partial charge in [0, 0.05) is 65.4 Å². The first-order chi connectivity index (χ1) is 34.7. The van der Waals surface area contributed by atoms with Gasteiger partial charge in [-0.1, -0.05) is 181 Å². The van der Waals surface area contributed by atoms with E-state index < -0.39 is 22.9 Å². The van der Waals surface area contributed by atoms with Crippen LogP contribution in [0.3, 0.4) is 0 Å². The van der Waals surface area contributed by atoms with Crippen LogP contribution in [0, 0.1) is 0 Å². The fourth-order valence-electron chi connectivity index (χ4n) is 9.91. The summed E-state index contributed by atoms with van der Waals surface area (Å²) in [5, 5.41) is 12.0. The summed E-state index contributed by atoms with van der Waals surface area (Å²) < 4.78 is 17.3. The maximum Gasteiger partial charge on any atom is 0.320 e. The molecule has 1 aliphatic rings. The van der Waals surface area contributed by atoms with E-state index in [1.165, 1.54) is 167 Å². The highest BCUT2D eigenvalue weighted by Gasteiger charge is 2.26. The standard InChI is InChI=1S/C61H121N5O7/c1-12-14-16-18-20-22-24-26-28-30-32-34-36-38-40-62(41-39-37-35-33-31-29-27-25-23-21-19-17-15-13-2)50-55(67)51-63-42-44-64(52-56(68)71-59(3,4)5)46-48-66(54-58(70)73-61(9,10)11)49-47-65(45-43-63)53-57(69)72-60(6,7)8/h55,67H,12-54H2,1-11H3. The molecule has 1 aliphatic heterocycles. The minimum absolute atomic E-state index is 0.103. The number of hydrogen-bond donors (Lipinski definition) is 1. The minimum Gasteiger partial charge on any atom is -0.459 e. The number of unbranched alkanes of at least 4 members (excludes halogenated alkanes) is 26. The molecule has 0 aromatic rings. The van der Waals surface area contributed by atoms with Crippen molar-refractivity contribution in [3.8, 4) is 0 Å². The van der Waals surface area contributed by atoms with Gasteiger partial charge in [-0.3, -0.25) is 34.0 Å². The highest BCUT2D eigenvalue weighted by molar-refractivity contribution is 5.73. The number of rotatable bonds is 40. The highest BCUT2D eigenvalue weighted by Crippen LogP contribution is 2.17. The predicted octanol–water partition coefficient (Wildman–Crippen LogP) is 12.9. The molecule has 0 bridgehead atoms. The molecule has 0 radical (unpaired) electrons. The van der Waals surface area contributed by atoms with Crippen molar-refractivity contribution in [2.75, 3.05) is 98.2 Å². The van der Waals surface area contributed by atoms with Gasteiger partial charge in [-0.05, 0) is 88.2 Å². The molecule has 1 rings (SSSR count). The Morgan fingerprint density at radius 3 is 0.836 bits per heavy atom. The van der Waals surface area contributed by atoms with Crippen LogP contribution in [0.4, 0.5) is 0 Å². The van der Waals surface area contributed by atoms with Gasteiger partial charge in [0.1, 0.15) is 16.8 Å². The maximum atomic E-state index is 13.3. The lowest BCUT2D eigenvalue weighted by molar-refractivity contribution is -0.158. The number of aliphatic hydroxyl groups is 1. The second-order valence-corrected chi connectivity index (χ2v) is 25.0. The van der Waals surface area contributed by atoms with Gasteiger partial charge < -0.3 is 24.2 Å². The monoisotopic (exact) mass is 1040 g/mol. The first-order valence-electron chi connectivity index (χ1n) is 30.6. The van der Waals surface area contributed by atoms with E-state index >= 15 is 0 Å². The number of nitrogens with zero attached hydrogens (tertiary/aromatic N) is 5. The van der Waals surface area contributed by atoms with E-state index in [2.05, 4.69) is 38.3 Å². The van der Waals surface area contributed by atoms with Gasteiger partial charge in [0.25, 0.3) is 0 Å². The molecule has 0 aliphatic carbocycles. The second-order valence-electron chi connectivity index (χ2n) is 25.0. The molecule has 0 saturated carbocycles. The van der Waals surface area contributed by atoms with Crippen LogP contribution in [0.2, 0.25) is 0 Å². The fraction of sp³-hybridized carbons (Fsp3) is 0.951. The summed E-state index contributed by atoms with van der Waals surface area (Å²) in [6.45, 7) is 29.6. The number of esters is 3. The predicted molar refractivity (Wildman–Crippen MR) is 306 cm³/mol. The molecular weight excluding hydrogens is 915 g/mol. The third-order valence-electron chi connectivity index (χ3n) is 13.8. The molecular formula is C61H121N5O7. The Balaban J connectivity index is 3.05. The quantitative estimate of drug-likeness (QED) is 0.0358. The van der Waals surface area contributed by atoms with Gasteiger partial charge in [-0.15, -0.1) is 0 Å². The largest absolute Gasteiger partial charge is 0.459 e. The molecule has 12 heteroatoms. The smallest absolute Gasteiger partial charge is 0.320 e. The molecule has 1 unspecified atom stereocenters. The Morgan fingerprint density at radius 2 is 0.603 bits per heavy atom.